The molecule has 1 N–H and O–H groups in total. The summed E-state index contributed by atoms with van der Waals surface area (Å²) in [5.74, 6) is -0.454. The van der Waals surface area contributed by atoms with Crippen molar-refractivity contribution in [3.8, 4) is 0 Å². The number of nitrogens with one attached hydrogen (secondary N) is 1. The van der Waals surface area contributed by atoms with Gasteiger partial charge < -0.3 is 5.32 Å². The van der Waals surface area contributed by atoms with Crippen molar-refractivity contribution in [3.05, 3.63) is 56.7 Å². The maximum absolute atomic E-state index is 12.9. The highest BCUT2D eigenvalue weighted by atomic mass is 32.1. The molecule has 0 radical (unpaired) electrons. The van der Waals surface area contributed by atoms with Crippen LogP contribution < -0.4 is 10.9 Å². The minimum absolute atomic E-state index is 0.189. The standard InChI is InChI=1S/C18H19FN4O2S/c1-10(2)17-21-15-16(26-17)11(3)22-23(18(15)25)9-14(24)20-8-12-4-6-13(19)7-5-12/h4-7,10H,8-9H2,1-3H3,(H,20,24). The SMILES string of the molecule is Cc1nn(CC(=O)NCc2ccc(F)cc2)c(=O)c2nc(C(C)C)sc12. The smallest absolute Gasteiger partial charge is 0.294 e. The average Bonchev–Trinajstić information content (AvgIpc) is 3.05. The number of fused-ring (bicyclic) bond motifs is 1. The topological polar surface area (TPSA) is 76.9 Å². The summed E-state index contributed by atoms with van der Waals surface area (Å²) < 4.78 is 14.8. The zero-order valence-electron chi connectivity index (χ0n) is 14.7. The number of nitrogens with zero attached hydrogens (tertiary/aromatic N) is 3. The van der Waals surface area contributed by atoms with Gasteiger partial charge in [-0.2, -0.15) is 5.10 Å². The van der Waals surface area contributed by atoms with Crippen molar-refractivity contribution in [2.75, 3.05) is 0 Å². The lowest BCUT2D eigenvalue weighted by Gasteiger charge is -2.07. The highest BCUT2D eigenvalue weighted by Gasteiger charge is 2.16. The van der Waals surface area contributed by atoms with Gasteiger partial charge in [0.15, 0.2) is 5.52 Å². The fourth-order valence-electron chi connectivity index (χ4n) is 2.47. The number of carbonyl (C=O) groups is 1. The Hall–Kier alpha value is -2.61. The molecule has 8 heteroatoms. The summed E-state index contributed by atoms with van der Waals surface area (Å²) in [6.07, 6.45) is 0. The van der Waals surface area contributed by atoms with Crippen LogP contribution in [0.1, 0.15) is 36.0 Å². The number of halogens is 1. The molecule has 3 aromatic rings. The highest BCUT2D eigenvalue weighted by Crippen LogP contribution is 2.26. The first kappa shape index (κ1) is 18.2. The molecule has 136 valence electrons. The molecular weight excluding hydrogens is 355 g/mol. The van der Waals surface area contributed by atoms with E-state index < -0.39 is 0 Å². The number of rotatable bonds is 5. The molecule has 0 saturated carbocycles. The molecule has 2 heterocycles. The van der Waals surface area contributed by atoms with Crippen LogP contribution in [0.5, 0.6) is 0 Å². The fraction of sp³-hybridized carbons (Fsp3) is 0.333. The Morgan fingerprint density at radius 3 is 2.65 bits per heavy atom. The molecular formula is C18H19FN4O2S. The first-order valence-corrected chi connectivity index (χ1v) is 9.06. The van der Waals surface area contributed by atoms with Gasteiger partial charge in [0.05, 0.1) is 15.4 Å². The van der Waals surface area contributed by atoms with E-state index in [1.807, 2.05) is 13.8 Å². The lowest BCUT2D eigenvalue weighted by Crippen LogP contribution is -2.33. The Kier molecular flexibility index (Phi) is 5.13. The maximum Gasteiger partial charge on any atom is 0.294 e. The van der Waals surface area contributed by atoms with Gasteiger partial charge >= 0.3 is 0 Å². The van der Waals surface area contributed by atoms with E-state index >= 15 is 0 Å². The zero-order valence-corrected chi connectivity index (χ0v) is 15.6. The van der Waals surface area contributed by atoms with E-state index in [-0.39, 0.29) is 36.3 Å². The highest BCUT2D eigenvalue weighted by molar-refractivity contribution is 7.18. The molecule has 6 nitrogen and oxygen atoms in total. The van der Waals surface area contributed by atoms with Crippen LogP contribution in [0.25, 0.3) is 10.2 Å². The van der Waals surface area contributed by atoms with Crippen molar-refractivity contribution >= 4 is 27.5 Å². The molecule has 1 aromatic carbocycles. The van der Waals surface area contributed by atoms with Gasteiger partial charge in [-0.3, -0.25) is 9.59 Å². The van der Waals surface area contributed by atoms with Crippen molar-refractivity contribution in [2.24, 2.45) is 0 Å². The van der Waals surface area contributed by atoms with Gasteiger partial charge in [-0.15, -0.1) is 11.3 Å². The Balaban J connectivity index is 1.77. The molecule has 0 fully saturated rings. The predicted octanol–water partition coefficient (Wildman–Crippen LogP) is 2.74. The second-order valence-corrected chi connectivity index (χ2v) is 7.37. The molecule has 0 aliphatic carbocycles. The minimum Gasteiger partial charge on any atom is -0.350 e. The van der Waals surface area contributed by atoms with Crippen LogP contribution in [0.3, 0.4) is 0 Å². The zero-order chi connectivity index (χ0) is 18.8. The van der Waals surface area contributed by atoms with Gasteiger partial charge in [-0.05, 0) is 24.6 Å². The quantitative estimate of drug-likeness (QED) is 0.745. The Bertz CT molecular complexity index is 1010. The van der Waals surface area contributed by atoms with Crippen molar-refractivity contribution in [1.82, 2.24) is 20.1 Å². The van der Waals surface area contributed by atoms with Crippen molar-refractivity contribution in [2.45, 2.75) is 39.8 Å². The third-order valence-corrected chi connectivity index (χ3v) is 5.33. The number of hydrogen-bond acceptors (Lipinski definition) is 5. The van der Waals surface area contributed by atoms with E-state index in [4.69, 9.17) is 0 Å². The van der Waals surface area contributed by atoms with Crippen molar-refractivity contribution in [3.63, 3.8) is 0 Å². The lowest BCUT2D eigenvalue weighted by atomic mass is 10.2. The van der Waals surface area contributed by atoms with E-state index in [0.717, 1.165) is 20.0 Å². The molecule has 26 heavy (non-hydrogen) atoms. The monoisotopic (exact) mass is 374 g/mol. The van der Waals surface area contributed by atoms with Crippen LogP contribution in [0.2, 0.25) is 0 Å². The third kappa shape index (κ3) is 3.80. The number of hydrogen-bond donors (Lipinski definition) is 1. The molecule has 0 unspecified atom stereocenters. The van der Waals surface area contributed by atoms with Gasteiger partial charge in [0.25, 0.3) is 5.56 Å². The predicted molar refractivity (Wildman–Crippen MR) is 98.7 cm³/mol. The fourth-order valence-corrected chi connectivity index (χ4v) is 3.47. The van der Waals surface area contributed by atoms with Crippen LogP contribution >= 0.6 is 11.3 Å². The summed E-state index contributed by atoms with van der Waals surface area (Å²) in [5, 5.41) is 7.83. The van der Waals surface area contributed by atoms with Gasteiger partial charge in [0.2, 0.25) is 5.91 Å². The van der Waals surface area contributed by atoms with Gasteiger partial charge in [-0.1, -0.05) is 26.0 Å². The minimum atomic E-state index is -0.370. The number of carbonyl (C=O) groups excluding carboxylic acids is 1. The number of thiazole rings is 1. The van der Waals surface area contributed by atoms with Gasteiger partial charge in [0.1, 0.15) is 12.4 Å². The molecule has 1 amide bonds. The lowest BCUT2D eigenvalue weighted by molar-refractivity contribution is -0.122. The summed E-state index contributed by atoms with van der Waals surface area (Å²) in [4.78, 5) is 29.2. The number of aryl methyl sites for hydroxylation is 1. The third-order valence-electron chi connectivity index (χ3n) is 3.87. The first-order valence-electron chi connectivity index (χ1n) is 8.24. The second kappa shape index (κ2) is 7.33. The molecule has 0 aliphatic heterocycles. The van der Waals surface area contributed by atoms with Crippen molar-refractivity contribution in [1.29, 1.82) is 0 Å². The van der Waals surface area contributed by atoms with Crippen molar-refractivity contribution < 1.29 is 9.18 Å². The van der Waals surface area contributed by atoms with E-state index in [9.17, 15) is 14.0 Å². The summed E-state index contributed by atoms with van der Waals surface area (Å²) in [5.41, 5.74) is 1.44. The molecule has 0 saturated heterocycles. The summed E-state index contributed by atoms with van der Waals surface area (Å²) >= 11 is 1.46. The molecule has 0 aliphatic rings. The van der Waals surface area contributed by atoms with Crippen LogP contribution in [-0.2, 0) is 17.9 Å². The Labute approximate surface area is 153 Å². The van der Waals surface area contributed by atoms with E-state index in [1.54, 1.807) is 19.1 Å². The first-order chi connectivity index (χ1) is 12.3. The largest absolute Gasteiger partial charge is 0.350 e. The van der Waals surface area contributed by atoms with E-state index in [1.165, 1.54) is 23.5 Å². The molecule has 0 bridgehead atoms. The number of aromatic nitrogens is 3. The summed E-state index contributed by atoms with van der Waals surface area (Å²) in [6, 6.07) is 5.86. The van der Waals surface area contributed by atoms with Crippen LogP contribution in [0, 0.1) is 12.7 Å². The van der Waals surface area contributed by atoms with E-state index in [2.05, 4.69) is 15.4 Å². The molecule has 2 aromatic heterocycles. The summed E-state index contributed by atoms with van der Waals surface area (Å²) in [7, 11) is 0. The average molecular weight is 374 g/mol. The van der Waals surface area contributed by atoms with Gasteiger partial charge in [0, 0.05) is 12.5 Å². The van der Waals surface area contributed by atoms with Crippen LogP contribution in [0.15, 0.2) is 29.1 Å². The number of amides is 1. The maximum atomic E-state index is 12.9. The molecule has 0 atom stereocenters. The van der Waals surface area contributed by atoms with E-state index in [0.29, 0.717) is 11.2 Å². The summed E-state index contributed by atoms with van der Waals surface area (Å²) in [6.45, 7) is 5.90. The molecule has 0 spiro atoms. The Morgan fingerprint density at radius 1 is 1.31 bits per heavy atom. The second-order valence-electron chi connectivity index (χ2n) is 6.34. The van der Waals surface area contributed by atoms with Crippen LogP contribution in [-0.4, -0.2) is 20.7 Å². The van der Waals surface area contributed by atoms with Gasteiger partial charge in [-0.25, -0.2) is 14.1 Å². The molecule has 3 rings (SSSR count). The normalized spacial score (nSPS) is 11.3. The Morgan fingerprint density at radius 2 is 2.00 bits per heavy atom. The van der Waals surface area contributed by atoms with Crippen LogP contribution in [0.4, 0.5) is 4.39 Å². The number of benzene rings is 1.